The summed E-state index contributed by atoms with van der Waals surface area (Å²) in [4.78, 5) is 21.7. The van der Waals surface area contributed by atoms with Gasteiger partial charge in [-0.3, -0.25) is 0 Å². The first-order valence-electron chi connectivity index (χ1n) is 5.27. The molecule has 2 rings (SSSR count). The SMILES string of the molecule is O=C(O)/C=C/C(=O)Oc1cccc2ccccc12. The molecule has 0 spiro atoms. The van der Waals surface area contributed by atoms with Crippen LogP contribution in [0.2, 0.25) is 0 Å². The number of esters is 1. The van der Waals surface area contributed by atoms with Crippen molar-refractivity contribution in [3.8, 4) is 5.75 Å². The van der Waals surface area contributed by atoms with Crippen molar-refractivity contribution < 1.29 is 19.4 Å². The van der Waals surface area contributed by atoms with Crippen LogP contribution in [0, 0.1) is 0 Å². The maximum absolute atomic E-state index is 11.4. The van der Waals surface area contributed by atoms with E-state index in [1.165, 1.54) is 0 Å². The van der Waals surface area contributed by atoms with Crippen LogP contribution in [-0.2, 0) is 9.59 Å². The van der Waals surface area contributed by atoms with Crippen LogP contribution in [0.15, 0.2) is 54.6 Å². The fraction of sp³-hybridized carbons (Fsp3) is 0. The number of aliphatic carboxylic acids is 1. The Morgan fingerprint density at radius 3 is 2.50 bits per heavy atom. The summed E-state index contributed by atoms with van der Waals surface area (Å²) >= 11 is 0. The van der Waals surface area contributed by atoms with E-state index in [9.17, 15) is 9.59 Å². The Morgan fingerprint density at radius 2 is 1.72 bits per heavy atom. The molecule has 4 heteroatoms. The predicted molar refractivity (Wildman–Crippen MR) is 66.4 cm³/mol. The van der Waals surface area contributed by atoms with Gasteiger partial charge in [-0.1, -0.05) is 36.4 Å². The Kier molecular flexibility index (Phi) is 3.38. The van der Waals surface area contributed by atoms with Crippen molar-refractivity contribution in [2.24, 2.45) is 0 Å². The highest BCUT2D eigenvalue weighted by atomic mass is 16.5. The maximum atomic E-state index is 11.4. The van der Waals surface area contributed by atoms with Gasteiger partial charge in [-0.05, 0) is 11.5 Å². The van der Waals surface area contributed by atoms with E-state index in [-0.39, 0.29) is 0 Å². The summed E-state index contributed by atoms with van der Waals surface area (Å²) in [6, 6.07) is 12.8. The predicted octanol–water partition coefficient (Wildman–Crippen LogP) is 2.39. The summed E-state index contributed by atoms with van der Waals surface area (Å²) in [6.07, 6.45) is 1.62. The number of benzene rings is 2. The minimum Gasteiger partial charge on any atom is -0.478 e. The van der Waals surface area contributed by atoms with E-state index >= 15 is 0 Å². The molecule has 0 aliphatic heterocycles. The Hall–Kier alpha value is -2.62. The Morgan fingerprint density at radius 1 is 1.00 bits per heavy atom. The molecule has 2 aromatic rings. The average molecular weight is 242 g/mol. The standard InChI is InChI=1S/C14H10O4/c15-13(16)8-9-14(17)18-12-7-3-5-10-4-1-2-6-11(10)12/h1-9H,(H,15,16)/b9-8+. The third-order valence-electron chi connectivity index (χ3n) is 2.32. The first-order valence-corrected chi connectivity index (χ1v) is 5.27. The number of hydrogen-bond acceptors (Lipinski definition) is 3. The van der Waals surface area contributed by atoms with Crippen LogP contribution < -0.4 is 4.74 Å². The molecule has 0 aromatic heterocycles. The van der Waals surface area contributed by atoms with Gasteiger partial charge in [0.15, 0.2) is 0 Å². The fourth-order valence-corrected chi connectivity index (χ4v) is 1.57. The molecule has 0 fully saturated rings. The van der Waals surface area contributed by atoms with Crippen LogP contribution >= 0.6 is 0 Å². The number of ether oxygens (including phenoxy) is 1. The fourth-order valence-electron chi connectivity index (χ4n) is 1.57. The highest BCUT2D eigenvalue weighted by Crippen LogP contribution is 2.25. The largest absolute Gasteiger partial charge is 0.478 e. The lowest BCUT2D eigenvalue weighted by molar-refractivity contribution is -0.133. The van der Waals surface area contributed by atoms with Crippen LogP contribution in [0.5, 0.6) is 5.75 Å². The summed E-state index contributed by atoms with van der Waals surface area (Å²) in [5.41, 5.74) is 0. The third-order valence-corrected chi connectivity index (χ3v) is 2.32. The van der Waals surface area contributed by atoms with Gasteiger partial charge in [0.05, 0.1) is 0 Å². The highest BCUT2D eigenvalue weighted by molar-refractivity contribution is 5.95. The summed E-state index contributed by atoms with van der Waals surface area (Å²) < 4.78 is 5.09. The van der Waals surface area contributed by atoms with Crippen LogP contribution in [0.25, 0.3) is 10.8 Å². The molecule has 0 saturated carbocycles. The smallest absolute Gasteiger partial charge is 0.336 e. The molecule has 0 unspecified atom stereocenters. The van der Waals surface area contributed by atoms with Gasteiger partial charge in [-0.2, -0.15) is 0 Å². The minimum atomic E-state index is -1.19. The number of carboxylic acid groups (broad SMARTS) is 1. The molecule has 90 valence electrons. The van der Waals surface area contributed by atoms with Crippen molar-refractivity contribution in [1.82, 2.24) is 0 Å². The molecule has 0 amide bonds. The van der Waals surface area contributed by atoms with Gasteiger partial charge in [0, 0.05) is 17.5 Å². The molecule has 0 aliphatic rings. The van der Waals surface area contributed by atoms with Crippen molar-refractivity contribution in [2.75, 3.05) is 0 Å². The van der Waals surface area contributed by atoms with Crippen LogP contribution in [0.4, 0.5) is 0 Å². The van der Waals surface area contributed by atoms with Crippen LogP contribution in [0.3, 0.4) is 0 Å². The van der Waals surface area contributed by atoms with E-state index in [0.717, 1.165) is 22.9 Å². The molecular formula is C14H10O4. The Labute approximate surface area is 103 Å². The summed E-state index contributed by atoms with van der Waals surface area (Å²) in [6.45, 7) is 0. The minimum absolute atomic E-state index is 0.410. The molecule has 0 radical (unpaired) electrons. The van der Waals surface area contributed by atoms with Crippen molar-refractivity contribution >= 4 is 22.7 Å². The second kappa shape index (κ2) is 5.14. The highest BCUT2D eigenvalue weighted by Gasteiger charge is 2.05. The van der Waals surface area contributed by atoms with Crippen molar-refractivity contribution in [2.45, 2.75) is 0 Å². The van der Waals surface area contributed by atoms with Gasteiger partial charge in [0.1, 0.15) is 5.75 Å². The molecule has 0 atom stereocenters. The van der Waals surface area contributed by atoms with E-state index < -0.39 is 11.9 Å². The molecule has 2 aromatic carbocycles. The average Bonchev–Trinajstić information content (AvgIpc) is 2.37. The van der Waals surface area contributed by atoms with E-state index in [0.29, 0.717) is 5.75 Å². The zero-order chi connectivity index (χ0) is 13.0. The number of fused-ring (bicyclic) bond motifs is 1. The number of carbonyl (C=O) groups excluding carboxylic acids is 1. The number of carboxylic acids is 1. The molecular weight excluding hydrogens is 232 g/mol. The third kappa shape index (κ3) is 2.74. The number of carbonyl (C=O) groups is 2. The lowest BCUT2D eigenvalue weighted by Gasteiger charge is -2.05. The van der Waals surface area contributed by atoms with E-state index in [1.54, 1.807) is 12.1 Å². The van der Waals surface area contributed by atoms with Crippen molar-refractivity contribution in [3.63, 3.8) is 0 Å². The van der Waals surface area contributed by atoms with Crippen LogP contribution in [0.1, 0.15) is 0 Å². The first-order chi connectivity index (χ1) is 8.66. The summed E-state index contributed by atoms with van der Waals surface area (Å²) in [7, 11) is 0. The zero-order valence-corrected chi connectivity index (χ0v) is 9.37. The Balaban J connectivity index is 2.27. The van der Waals surface area contributed by atoms with Gasteiger partial charge < -0.3 is 9.84 Å². The number of rotatable bonds is 3. The van der Waals surface area contributed by atoms with Gasteiger partial charge in [-0.15, -0.1) is 0 Å². The maximum Gasteiger partial charge on any atom is 0.336 e. The van der Waals surface area contributed by atoms with Gasteiger partial charge in [0.25, 0.3) is 0 Å². The molecule has 18 heavy (non-hydrogen) atoms. The van der Waals surface area contributed by atoms with Gasteiger partial charge in [-0.25, -0.2) is 9.59 Å². The van der Waals surface area contributed by atoms with Crippen molar-refractivity contribution in [1.29, 1.82) is 0 Å². The Bertz CT molecular complexity index is 623. The van der Waals surface area contributed by atoms with E-state index in [4.69, 9.17) is 9.84 Å². The second-order valence-electron chi connectivity index (χ2n) is 3.57. The van der Waals surface area contributed by atoms with E-state index in [1.807, 2.05) is 30.3 Å². The van der Waals surface area contributed by atoms with Crippen molar-refractivity contribution in [3.05, 3.63) is 54.6 Å². The van der Waals surface area contributed by atoms with Gasteiger partial charge >= 0.3 is 11.9 Å². The van der Waals surface area contributed by atoms with Crippen LogP contribution in [-0.4, -0.2) is 17.0 Å². The van der Waals surface area contributed by atoms with E-state index in [2.05, 4.69) is 0 Å². The lowest BCUT2D eigenvalue weighted by Crippen LogP contribution is -2.05. The zero-order valence-electron chi connectivity index (χ0n) is 9.37. The lowest BCUT2D eigenvalue weighted by atomic mass is 10.1. The normalized spacial score (nSPS) is 10.7. The molecule has 0 heterocycles. The second-order valence-corrected chi connectivity index (χ2v) is 3.57. The summed E-state index contributed by atoms with van der Waals surface area (Å²) in [5, 5.41) is 10.2. The number of hydrogen-bond donors (Lipinski definition) is 1. The first kappa shape index (κ1) is 11.9. The van der Waals surface area contributed by atoms with Gasteiger partial charge in [0.2, 0.25) is 0 Å². The summed E-state index contributed by atoms with van der Waals surface area (Å²) in [5.74, 6) is -1.49. The topological polar surface area (TPSA) is 63.6 Å². The molecule has 0 aliphatic carbocycles. The molecule has 0 bridgehead atoms. The molecule has 0 saturated heterocycles. The molecule has 1 N–H and O–H groups in total. The monoisotopic (exact) mass is 242 g/mol. The molecule has 4 nitrogen and oxygen atoms in total. The quantitative estimate of drug-likeness (QED) is 0.510.